The number of aromatic nitrogens is 2. The highest BCUT2D eigenvalue weighted by molar-refractivity contribution is 7.89. The van der Waals surface area contributed by atoms with E-state index >= 15 is 0 Å². The van der Waals surface area contributed by atoms with Crippen molar-refractivity contribution in [3.63, 3.8) is 0 Å². The molecule has 0 atom stereocenters. The van der Waals surface area contributed by atoms with Crippen LogP contribution in [0.2, 0.25) is 5.02 Å². The number of benzene rings is 2. The minimum atomic E-state index is -3.86. The second-order valence-corrected chi connectivity index (χ2v) is 8.82. The molecule has 0 saturated carbocycles. The molecule has 0 bridgehead atoms. The minimum absolute atomic E-state index is 0.0380. The highest BCUT2D eigenvalue weighted by atomic mass is 35.5. The highest BCUT2D eigenvalue weighted by Gasteiger charge is 2.18. The first-order valence-electron chi connectivity index (χ1n) is 8.01. The van der Waals surface area contributed by atoms with Gasteiger partial charge in [-0.25, -0.2) is 17.5 Å². The van der Waals surface area contributed by atoms with E-state index in [1.54, 1.807) is 0 Å². The number of nitrogens with one attached hydrogen (secondary N) is 2. The van der Waals surface area contributed by atoms with Crippen molar-refractivity contribution < 1.29 is 22.3 Å². The van der Waals surface area contributed by atoms with Crippen LogP contribution in [0.4, 0.5) is 10.1 Å². The predicted molar refractivity (Wildman–Crippen MR) is 106 cm³/mol. The molecule has 0 aliphatic rings. The van der Waals surface area contributed by atoms with Gasteiger partial charge < -0.3 is 10.1 Å². The van der Waals surface area contributed by atoms with Crippen molar-refractivity contribution >= 4 is 44.6 Å². The third-order valence-corrected chi connectivity index (χ3v) is 6.23. The average Bonchev–Trinajstić information content (AvgIpc) is 3.17. The van der Waals surface area contributed by atoms with Gasteiger partial charge in [-0.3, -0.25) is 4.79 Å². The monoisotopic (exact) mass is 456 g/mol. The van der Waals surface area contributed by atoms with E-state index in [9.17, 15) is 17.6 Å². The Morgan fingerprint density at radius 3 is 2.59 bits per heavy atom. The number of amides is 1. The molecule has 12 heteroatoms. The lowest BCUT2D eigenvalue weighted by atomic mass is 10.3. The number of halogens is 2. The van der Waals surface area contributed by atoms with Crippen molar-refractivity contribution in [2.75, 3.05) is 12.4 Å². The number of nitrogens with zero attached hydrogens (tertiary/aromatic N) is 2. The average molecular weight is 457 g/mol. The van der Waals surface area contributed by atoms with E-state index in [1.165, 1.54) is 49.6 Å². The van der Waals surface area contributed by atoms with E-state index in [0.717, 1.165) is 11.3 Å². The van der Waals surface area contributed by atoms with Gasteiger partial charge in [0.2, 0.25) is 15.0 Å². The van der Waals surface area contributed by atoms with Crippen molar-refractivity contribution in [3.05, 3.63) is 63.3 Å². The van der Waals surface area contributed by atoms with Crippen molar-refractivity contribution in [1.82, 2.24) is 14.9 Å². The summed E-state index contributed by atoms with van der Waals surface area (Å²) in [6.07, 6.45) is 0. The molecule has 0 spiro atoms. The van der Waals surface area contributed by atoms with Crippen molar-refractivity contribution in [2.45, 2.75) is 11.4 Å². The van der Waals surface area contributed by atoms with Gasteiger partial charge in [0.1, 0.15) is 16.6 Å². The van der Waals surface area contributed by atoms with Crippen LogP contribution in [0, 0.1) is 5.82 Å². The van der Waals surface area contributed by atoms with Crippen LogP contribution < -0.4 is 14.8 Å². The van der Waals surface area contributed by atoms with E-state index in [2.05, 4.69) is 20.2 Å². The molecule has 1 aromatic heterocycles. The standard InChI is InChI=1S/C17H14ClFN4O4S2/c1-27-14-7-6-12(8-13(14)18)29(25,26)20-9-15-22-23-17(28-15)16(24)21-11-4-2-10(19)3-5-11/h2-8,20H,9H2,1H3,(H,21,24). The molecule has 2 aromatic carbocycles. The predicted octanol–water partition coefficient (Wildman–Crippen LogP) is 3.07. The summed E-state index contributed by atoms with van der Waals surface area (Å²) in [6, 6.07) is 9.30. The van der Waals surface area contributed by atoms with Gasteiger partial charge in [-0.1, -0.05) is 22.9 Å². The summed E-state index contributed by atoms with van der Waals surface area (Å²) in [5, 5.41) is 10.6. The largest absolute Gasteiger partial charge is 0.495 e. The Kier molecular flexibility index (Phi) is 6.42. The van der Waals surface area contributed by atoms with Gasteiger partial charge >= 0.3 is 0 Å². The molecule has 0 aliphatic heterocycles. The number of anilines is 1. The fourth-order valence-corrected chi connectivity index (χ4v) is 4.29. The first-order valence-corrected chi connectivity index (χ1v) is 10.7. The third-order valence-electron chi connectivity index (χ3n) is 3.61. The van der Waals surface area contributed by atoms with Crippen LogP contribution in [0.25, 0.3) is 0 Å². The number of carbonyl (C=O) groups is 1. The number of hydrogen-bond donors (Lipinski definition) is 2. The minimum Gasteiger partial charge on any atom is -0.495 e. The Hall–Kier alpha value is -2.60. The lowest BCUT2D eigenvalue weighted by molar-refractivity contribution is 0.102. The van der Waals surface area contributed by atoms with Crippen LogP contribution in [0.1, 0.15) is 14.8 Å². The molecule has 29 heavy (non-hydrogen) atoms. The Morgan fingerprint density at radius 2 is 1.93 bits per heavy atom. The summed E-state index contributed by atoms with van der Waals surface area (Å²) in [5.74, 6) is -0.608. The molecule has 1 amide bonds. The van der Waals surface area contributed by atoms with E-state index in [4.69, 9.17) is 16.3 Å². The van der Waals surface area contributed by atoms with Crippen LogP contribution in [0.15, 0.2) is 47.4 Å². The third kappa shape index (κ3) is 5.26. The molecule has 0 radical (unpaired) electrons. The first-order chi connectivity index (χ1) is 13.8. The van der Waals surface area contributed by atoms with Crippen LogP contribution in [0.3, 0.4) is 0 Å². The second-order valence-electron chi connectivity index (χ2n) is 5.58. The topological polar surface area (TPSA) is 110 Å². The van der Waals surface area contributed by atoms with E-state index in [-0.39, 0.29) is 26.5 Å². The number of methoxy groups -OCH3 is 1. The summed E-state index contributed by atoms with van der Waals surface area (Å²) in [5.41, 5.74) is 0.394. The molecule has 3 aromatic rings. The Morgan fingerprint density at radius 1 is 1.21 bits per heavy atom. The molecule has 0 fully saturated rings. The molecular weight excluding hydrogens is 443 g/mol. The molecule has 8 nitrogen and oxygen atoms in total. The zero-order chi connectivity index (χ0) is 21.0. The summed E-state index contributed by atoms with van der Waals surface area (Å²) < 4.78 is 45.1. The van der Waals surface area contributed by atoms with Gasteiger partial charge in [0, 0.05) is 5.69 Å². The second kappa shape index (κ2) is 8.82. The van der Waals surface area contributed by atoms with Crippen LogP contribution >= 0.6 is 22.9 Å². The molecule has 2 N–H and O–H groups in total. The van der Waals surface area contributed by atoms with Gasteiger partial charge in [-0.15, -0.1) is 10.2 Å². The summed E-state index contributed by atoms with van der Waals surface area (Å²) in [7, 11) is -2.43. The molecule has 1 heterocycles. The van der Waals surface area contributed by atoms with Crippen molar-refractivity contribution in [3.8, 4) is 5.75 Å². The van der Waals surface area contributed by atoms with Gasteiger partial charge in [-0.05, 0) is 42.5 Å². The van der Waals surface area contributed by atoms with Crippen LogP contribution in [-0.4, -0.2) is 31.6 Å². The lowest BCUT2D eigenvalue weighted by Crippen LogP contribution is -2.23. The molecule has 3 rings (SSSR count). The maximum atomic E-state index is 12.9. The summed E-state index contributed by atoms with van der Waals surface area (Å²) in [6.45, 7) is -0.159. The van der Waals surface area contributed by atoms with Crippen LogP contribution in [0.5, 0.6) is 5.75 Å². The Bertz CT molecular complexity index is 1140. The number of ether oxygens (including phenoxy) is 1. The Labute approximate surface area is 174 Å². The summed E-state index contributed by atoms with van der Waals surface area (Å²) in [4.78, 5) is 12.1. The molecule has 0 aliphatic carbocycles. The molecule has 152 valence electrons. The maximum absolute atomic E-state index is 12.9. The van der Waals surface area contributed by atoms with Crippen molar-refractivity contribution in [2.24, 2.45) is 0 Å². The quantitative estimate of drug-likeness (QED) is 0.565. The molecule has 0 saturated heterocycles. The van der Waals surface area contributed by atoms with E-state index < -0.39 is 21.7 Å². The number of hydrogen-bond acceptors (Lipinski definition) is 7. The fourth-order valence-electron chi connectivity index (χ4n) is 2.19. The zero-order valence-corrected chi connectivity index (χ0v) is 17.2. The Balaban J connectivity index is 1.64. The maximum Gasteiger partial charge on any atom is 0.286 e. The van der Waals surface area contributed by atoms with Gasteiger partial charge in [0.15, 0.2) is 0 Å². The smallest absolute Gasteiger partial charge is 0.286 e. The van der Waals surface area contributed by atoms with E-state index in [1.807, 2.05) is 0 Å². The lowest BCUT2D eigenvalue weighted by Gasteiger charge is -2.07. The number of rotatable bonds is 7. The number of sulfonamides is 1. The fraction of sp³-hybridized carbons (Fsp3) is 0.118. The van der Waals surface area contributed by atoms with E-state index in [0.29, 0.717) is 11.4 Å². The summed E-state index contributed by atoms with van der Waals surface area (Å²) >= 11 is 6.89. The number of carbonyl (C=O) groups excluding carboxylic acids is 1. The van der Waals surface area contributed by atoms with Crippen molar-refractivity contribution in [1.29, 1.82) is 0 Å². The van der Waals surface area contributed by atoms with Gasteiger partial charge in [0.25, 0.3) is 5.91 Å². The van der Waals surface area contributed by atoms with Crippen LogP contribution in [-0.2, 0) is 16.6 Å². The molecular formula is C17H14ClFN4O4S2. The normalized spacial score (nSPS) is 11.3. The van der Waals surface area contributed by atoms with Gasteiger partial charge in [0.05, 0.1) is 23.6 Å². The zero-order valence-electron chi connectivity index (χ0n) is 14.8. The van der Waals surface area contributed by atoms with Gasteiger partial charge in [-0.2, -0.15) is 0 Å². The first kappa shape index (κ1) is 21.1. The molecule has 0 unspecified atom stereocenters. The SMILES string of the molecule is COc1ccc(S(=O)(=O)NCc2nnc(C(=O)Nc3ccc(F)cc3)s2)cc1Cl. The highest BCUT2D eigenvalue weighted by Crippen LogP contribution is 2.27.